The zero-order valence-corrected chi connectivity index (χ0v) is 20.7. The second kappa shape index (κ2) is 9.59. The maximum Gasteiger partial charge on any atom is 0.243 e. The molecule has 1 unspecified atom stereocenters. The van der Waals surface area contributed by atoms with Gasteiger partial charge in [-0.1, -0.05) is 42.5 Å². The minimum atomic E-state index is -3.80. The van der Waals surface area contributed by atoms with Gasteiger partial charge in [-0.05, 0) is 42.9 Å². The molecule has 2 aromatic rings. The number of fused-ring (bicyclic) bond motifs is 1. The molecule has 35 heavy (non-hydrogen) atoms. The van der Waals surface area contributed by atoms with E-state index < -0.39 is 10.0 Å². The van der Waals surface area contributed by atoms with Gasteiger partial charge in [-0.25, -0.2) is 8.42 Å². The predicted octanol–water partition coefficient (Wildman–Crippen LogP) is 3.22. The Bertz CT molecular complexity index is 1290. The number of ketones is 1. The monoisotopic (exact) mass is 494 g/mol. The fourth-order valence-electron chi connectivity index (χ4n) is 5.24. The van der Waals surface area contributed by atoms with E-state index in [0.29, 0.717) is 43.8 Å². The van der Waals surface area contributed by atoms with Crippen LogP contribution in [0.4, 0.5) is 0 Å². The van der Waals surface area contributed by atoms with Crippen molar-refractivity contribution in [1.82, 2.24) is 9.21 Å². The lowest BCUT2D eigenvalue weighted by Crippen LogP contribution is -2.47. The first-order valence-electron chi connectivity index (χ1n) is 12.1. The number of piperidine rings is 1. The Balaban J connectivity index is 1.30. The number of carbonyl (C=O) groups excluding carboxylic acids is 2. The van der Waals surface area contributed by atoms with E-state index >= 15 is 0 Å². The van der Waals surface area contributed by atoms with Gasteiger partial charge in [0.1, 0.15) is 12.4 Å². The molecule has 0 bridgehead atoms. The van der Waals surface area contributed by atoms with E-state index in [1.165, 1.54) is 15.4 Å². The summed E-state index contributed by atoms with van der Waals surface area (Å²) in [7, 11) is -3.80. The molecule has 0 aliphatic carbocycles. The zero-order chi connectivity index (χ0) is 24.6. The van der Waals surface area contributed by atoms with Gasteiger partial charge in [-0.2, -0.15) is 4.31 Å². The van der Waals surface area contributed by atoms with Crippen molar-refractivity contribution in [2.24, 2.45) is 5.92 Å². The van der Waals surface area contributed by atoms with E-state index in [1.807, 2.05) is 23.1 Å². The first-order valence-corrected chi connectivity index (χ1v) is 13.6. The van der Waals surface area contributed by atoms with Crippen molar-refractivity contribution in [3.05, 3.63) is 65.2 Å². The minimum Gasteiger partial charge on any atom is -0.485 e. The largest absolute Gasteiger partial charge is 0.485 e. The summed E-state index contributed by atoms with van der Waals surface area (Å²) in [5.41, 5.74) is 3.74. The molecule has 3 aliphatic rings. The Morgan fingerprint density at radius 3 is 2.66 bits per heavy atom. The van der Waals surface area contributed by atoms with Gasteiger partial charge in [0.15, 0.2) is 5.78 Å². The third-order valence-electron chi connectivity index (χ3n) is 7.15. The van der Waals surface area contributed by atoms with Crippen LogP contribution < -0.4 is 4.74 Å². The minimum absolute atomic E-state index is 0.0201. The summed E-state index contributed by atoms with van der Waals surface area (Å²) in [4.78, 5) is 27.1. The summed E-state index contributed by atoms with van der Waals surface area (Å²) in [6, 6.07) is 13.5. The Morgan fingerprint density at radius 2 is 1.91 bits per heavy atom. The highest BCUT2D eigenvalue weighted by Gasteiger charge is 2.36. The quantitative estimate of drug-likeness (QED) is 0.652. The van der Waals surface area contributed by atoms with Crippen molar-refractivity contribution in [2.75, 3.05) is 32.8 Å². The van der Waals surface area contributed by atoms with Crippen LogP contribution in [0.15, 0.2) is 53.4 Å². The van der Waals surface area contributed by atoms with Crippen molar-refractivity contribution < 1.29 is 22.7 Å². The summed E-state index contributed by atoms with van der Waals surface area (Å²) in [6.07, 6.45) is 4.48. The van der Waals surface area contributed by atoms with Crippen LogP contribution >= 0.6 is 0 Å². The highest BCUT2D eigenvalue weighted by molar-refractivity contribution is 7.89. The third kappa shape index (κ3) is 4.77. The number of hydrogen-bond donors (Lipinski definition) is 0. The molecule has 8 heteroatoms. The van der Waals surface area contributed by atoms with Crippen molar-refractivity contribution in [3.8, 4) is 5.75 Å². The molecule has 2 aromatic carbocycles. The van der Waals surface area contributed by atoms with Crippen molar-refractivity contribution in [2.45, 2.75) is 37.5 Å². The maximum atomic E-state index is 13.6. The molecule has 184 valence electrons. The van der Waals surface area contributed by atoms with Gasteiger partial charge < -0.3 is 9.64 Å². The van der Waals surface area contributed by atoms with Crippen molar-refractivity contribution >= 4 is 27.3 Å². The third-order valence-corrected chi connectivity index (χ3v) is 9.16. The molecule has 3 heterocycles. The highest BCUT2D eigenvalue weighted by atomic mass is 32.2. The topological polar surface area (TPSA) is 84.0 Å². The van der Waals surface area contributed by atoms with Crippen LogP contribution in [0, 0.1) is 12.8 Å². The van der Waals surface area contributed by atoms with Crippen LogP contribution in [0.1, 0.15) is 36.0 Å². The Morgan fingerprint density at radius 1 is 1.11 bits per heavy atom. The molecule has 1 saturated heterocycles. The number of rotatable bonds is 4. The van der Waals surface area contributed by atoms with Crippen LogP contribution in [0.25, 0.3) is 5.57 Å². The SMILES string of the molecule is Cc1cc2c(cc1S(=O)(=O)N1CCCC(C(=O)N3CC=C(c4ccccc4)CC3)C1)OCC(=O)C2. The number of hydrogen-bond acceptors (Lipinski definition) is 5. The summed E-state index contributed by atoms with van der Waals surface area (Å²) in [5.74, 6) is 0.107. The van der Waals surface area contributed by atoms with Gasteiger partial charge in [-0.15, -0.1) is 0 Å². The van der Waals surface area contributed by atoms with E-state index in [4.69, 9.17) is 4.74 Å². The molecule has 1 atom stereocenters. The van der Waals surface area contributed by atoms with Crippen molar-refractivity contribution in [3.63, 3.8) is 0 Å². The molecule has 0 aromatic heterocycles. The average molecular weight is 495 g/mol. The number of aryl methyl sites for hydroxylation is 1. The van der Waals surface area contributed by atoms with Gasteiger partial charge in [0.05, 0.1) is 10.8 Å². The molecule has 0 N–H and O–H groups in total. The molecule has 3 aliphatic heterocycles. The normalized spacial score (nSPS) is 21.2. The van der Waals surface area contributed by atoms with Gasteiger partial charge in [-0.3, -0.25) is 9.59 Å². The molecule has 1 amide bonds. The summed E-state index contributed by atoms with van der Waals surface area (Å²) >= 11 is 0. The van der Waals surface area contributed by atoms with Crippen molar-refractivity contribution in [1.29, 1.82) is 0 Å². The molecule has 0 saturated carbocycles. The molecular formula is C27H30N2O5S. The highest BCUT2D eigenvalue weighted by Crippen LogP contribution is 2.33. The van der Waals surface area contributed by atoms with Gasteiger partial charge in [0, 0.05) is 44.2 Å². The Kier molecular flexibility index (Phi) is 6.51. The lowest BCUT2D eigenvalue weighted by Gasteiger charge is -2.35. The first kappa shape index (κ1) is 23.8. The Hall–Kier alpha value is -2.97. The summed E-state index contributed by atoms with van der Waals surface area (Å²) < 4.78 is 34.1. The summed E-state index contributed by atoms with van der Waals surface area (Å²) in [5, 5.41) is 0. The number of benzene rings is 2. The van der Waals surface area contributed by atoms with Gasteiger partial charge in [0.25, 0.3) is 0 Å². The number of nitrogens with zero attached hydrogens (tertiary/aromatic N) is 2. The smallest absolute Gasteiger partial charge is 0.243 e. The molecular weight excluding hydrogens is 464 g/mol. The van der Waals surface area contributed by atoms with Gasteiger partial charge >= 0.3 is 0 Å². The van der Waals surface area contributed by atoms with E-state index in [2.05, 4.69) is 18.2 Å². The fraction of sp³-hybridized carbons (Fsp3) is 0.407. The maximum absolute atomic E-state index is 13.6. The number of ether oxygens (including phenoxy) is 1. The Labute approximate surface area is 206 Å². The van der Waals surface area contributed by atoms with Crippen LogP contribution in [-0.4, -0.2) is 62.1 Å². The van der Waals surface area contributed by atoms with Crippen LogP contribution in [0.5, 0.6) is 5.75 Å². The van der Waals surface area contributed by atoms with E-state index in [0.717, 1.165) is 12.0 Å². The molecule has 0 radical (unpaired) electrons. The summed E-state index contributed by atoms with van der Waals surface area (Å²) in [6.45, 7) is 3.47. The fourth-order valence-corrected chi connectivity index (χ4v) is 6.99. The van der Waals surface area contributed by atoms with E-state index in [9.17, 15) is 18.0 Å². The molecule has 5 rings (SSSR count). The lowest BCUT2D eigenvalue weighted by molar-refractivity contribution is -0.136. The number of Topliss-reactive ketones (excluding diaryl/α,β-unsaturated/α-hetero) is 1. The predicted molar refractivity (Wildman–Crippen MR) is 132 cm³/mol. The molecule has 7 nitrogen and oxygen atoms in total. The molecule has 0 spiro atoms. The van der Waals surface area contributed by atoms with E-state index in [-0.39, 0.29) is 42.1 Å². The van der Waals surface area contributed by atoms with Gasteiger partial charge in [0.2, 0.25) is 15.9 Å². The second-order valence-corrected chi connectivity index (χ2v) is 11.5. The van der Waals surface area contributed by atoms with Crippen LogP contribution in [-0.2, 0) is 26.0 Å². The standard InChI is InChI=1S/C27H30N2O5S/c1-19-14-23-15-24(30)18-34-25(23)16-26(19)35(32,33)29-11-5-8-22(17-29)27(31)28-12-9-21(10-13-28)20-6-3-2-4-7-20/h2-4,6-7,9,14,16,22H,5,8,10-13,15,17-18H2,1H3. The first-order chi connectivity index (χ1) is 16.8. The molecule has 1 fully saturated rings. The number of amides is 1. The second-order valence-electron chi connectivity index (χ2n) is 9.56. The van der Waals surface area contributed by atoms with Crippen LogP contribution in [0.2, 0.25) is 0 Å². The zero-order valence-electron chi connectivity index (χ0n) is 19.9. The number of sulfonamides is 1. The average Bonchev–Trinajstić information content (AvgIpc) is 2.88. The van der Waals surface area contributed by atoms with E-state index in [1.54, 1.807) is 19.1 Å². The van der Waals surface area contributed by atoms with Crippen LogP contribution in [0.3, 0.4) is 0 Å². The number of carbonyl (C=O) groups is 2. The lowest BCUT2D eigenvalue weighted by atomic mass is 9.95.